The van der Waals surface area contributed by atoms with Crippen LogP contribution in [0.15, 0.2) is 15.8 Å². The predicted octanol–water partition coefficient (Wildman–Crippen LogP) is -0.182. The lowest BCUT2D eigenvalue weighted by atomic mass is 12.2. The fourth-order valence-corrected chi connectivity index (χ4v) is 0.0476. The van der Waals surface area contributed by atoms with Crippen molar-refractivity contribution in [2.75, 3.05) is 0 Å². The van der Waals surface area contributed by atoms with Gasteiger partial charge in [0, 0.05) is 16.0 Å². The van der Waals surface area contributed by atoms with E-state index in [0.29, 0.717) is 0 Å². The lowest BCUT2D eigenvalue weighted by molar-refractivity contribution is 0.291. The van der Waals surface area contributed by atoms with Gasteiger partial charge in [0.1, 0.15) is 10.6 Å². The highest BCUT2D eigenvalue weighted by Gasteiger charge is 1.92. The molecule has 0 amide bonds. The molecule has 0 saturated carbocycles. The van der Waals surface area contributed by atoms with E-state index in [4.69, 9.17) is 15.3 Å². The Morgan fingerprint density at radius 3 is 1.71 bits per heavy atom. The molecule has 0 saturated heterocycles. The third-order valence-electron chi connectivity index (χ3n) is 0.226. The number of nitroso groups, excluding NO2 is 2. The minimum Gasteiger partial charge on any atom is -0.121 e. The molecular weight excluding hydrogens is 102 g/mol. The van der Waals surface area contributed by atoms with E-state index in [0.717, 1.165) is 0 Å². The lowest BCUT2D eigenvalue weighted by Gasteiger charge is -1.83. The van der Waals surface area contributed by atoms with Gasteiger partial charge < -0.3 is 0 Å². The van der Waals surface area contributed by atoms with E-state index < -0.39 is 0 Å². The molecule has 7 heavy (non-hydrogen) atoms. The van der Waals surface area contributed by atoms with Gasteiger partial charge in [0.2, 0.25) is 0 Å². The maximum absolute atomic E-state index is 9.10. The van der Waals surface area contributed by atoms with E-state index in [1.54, 1.807) is 0 Å². The van der Waals surface area contributed by atoms with Crippen molar-refractivity contribution >= 4 is 0 Å². The molecule has 0 unspecified atom stereocenters. The molecular formula is N5O2. The van der Waals surface area contributed by atoms with Crippen LogP contribution in [-0.2, 0) is 0 Å². The Labute approximate surface area is 37.7 Å². The Kier molecular flexibility index (Phi) is 2.25. The summed E-state index contributed by atoms with van der Waals surface area (Å²) in [4.78, 5) is 18.2. The van der Waals surface area contributed by atoms with Crippen LogP contribution in [0.2, 0.25) is 0 Å². The van der Waals surface area contributed by atoms with Gasteiger partial charge in [0.05, 0.1) is 0 Å². The van der Waals surface area contributed by atoms with E-state index in [2.05, 4.69) is 0 Å². The molecule has 0 fully saturated rings. The standard InChI is InChI=1S/N5O2/c1-2-5(3-6)4-7. The van der Waals surface area contributed by atoms with E-state index in [1.807, 2.05) is 15.8 Å². The second-order valence-electron chi connectivity index (χ2n) is 0.521. The zero-order valence-corrected chi connectivity index (χ0v) is 3.05. The van der Waals surface area contributed by atoms with Gasteiger partial charge >= 0.3 is 0 Å². The Hall–Kier alpha value is -1.40. The van der Waals surface area contributed by atoms with Crippen molar-refractivity contribution in [1.29, 1.82) is 0 Å². The highest BCUT2D eigenvalue weighted by atomic mass is 16.4. The van der Waals surface area contributed by atoms with Crippen LogP contribution >= 0.6 is 0 Å². The van der Waals surface area contributed by atoms with E-state index in [1.165, 1.54) is 0 Å². The van der Waals surface area contributed by atoms with Crippen LogP contribution in [-0.4, -0.2) is 5.23 Å². The van der Waals surface area contributed by atoms with Crippen molar-refractivity contribution in [3.63, 3.8) is 0 Å². The molecule has 0 spiro atoms. The molecule has 0 aromatic rings. The van der Waals surface area contributed by atoms with Crippen molar-refractivity contribution in [1.82, 2.24) is 10.8 Å². The highest BCUT2D eigenvalue weighted by Crippen LogP contribution is 1.84. The second-order valence-corrected chi connectivity index (χ2v) is 0.521. The van der Waals surface area contributed by atoms with E-state index >= 15 is 0 Å². The van der Waals surface area contributed by atoms with Crippen molar-refractivity contribution in [2.24, 2.45) is 15.8 Å². The van der Waals surface area contributed by atoms with Gasteiger partial charge in [-0.15, -0.1) is 9.81 Å². The van der Waals surface area contributed by atoms with Crippen LogP contribution in [0.4, 0.5) is 0 Å². The van der Waals surface area contributed by atoms with Crippen LogP contribution < -0.4 is 5.53 Å². The first kappa shape index (κ1) is 5.60. The number of nitrogens with zero attached hydrogens (tertiary/aromatic N) is 5. The summed E-state index contributed by atoms with van der Waals surface area (Å²) in [6.07, 6.45) is 0. The zero-order chi connectivity index (χ0) is 5.70. The van der Waals surface area contributed by atoms with Gasteiger partial charge in [-0.1, -0.05) is 0 Å². The van der Waals surface area contributed by atoms with Gasteiger partial charge in [-0.3, -0.25) is 0 Å². The van der Waals surface area contributed by atoms with Crippen molar-refractivity contribution in [3.05, 3.63) is 9.81 Å². The molecule has 0 atom stereocenters. The molecule has 37 valence electrons. The molecule has 7 nitrogen and oxygen atoms in total. The van der Waals surface area contributed by atoms with Gasteiger partial charge in [-0.25, -0.2) is 0 Å². The maximum Gasteiger partial charge on any atom is 0.103 e. The molecule has 0 N–H and O–H groups in total. The van der Waals surface area contributed by atoms with Crippen molar-refractivity contribution < 1.29 is 0 Å². The quantitative estimate of drug-likeness (QED) is 0.280. The monoisotopic (exact) mass is 102 g/mol. The first-order valence-corrected chi connectivity index (χ1v) is 1.17. The summed E-state index contributed by atoms with van der Waals surface area (Å²) >= 11 is 0. The highest BCUT2D eigenvalue weighted by molar-refractivity contribution is 4.20. The molecule has 0 aromatic heterocycles. The van der Waals surface area contributed by atoms with Crippen LogP contribution in [0.25, 0.3) is 0 Å². The molecule has 0 aliphatic carbocycles. The second kappa shape index (κ2) is 2.82. The topological polar surface area (TPSA) is 96.8 Å². The molecule has 0 heterocycles. The number of rotatable bonds is 3. The zero-order valence-electron chi connectivity index (χ0n) is 3.05. The average Bonchev–Trinajstić information content (AvgIpc) is 1.72. The molecule has 0 bridgehead atoms. The minimum absolute atomic E-state index is 0.306. The fraction of sp³-hybridized carbons (Fsp3) is 0. The van der Waals surface area contributed by atoms with E-state index in [9.17, 15) is 0 Å². The lowest BCUT2D eigenvalue weighted by Crippen LogP contribution is -1.94. The Morgan fingerprint density at radius 2 is 1.71 bits per heavy atom. The smallest absolute Gasteiger partial charge is 0.103 e. The van der Waals surface area contributed by atoms with Gasteiger partial charge in [0.15, 0.2) is 0 Å². The van der Waals surface area contributed by atoms with Gasteiger partial charge in [-0.2, -0.15) is 0 Å². The molecule has 0 rings (SSSR count). The van der Waals surface area contributed by atoms with E-state index in [-0.39, 0.29) is 5.23 Å². The van der Waals surface area contributed by atoms with Crippen molar-refractivity contribution in [2.45, 2.75) is 0 Å². The fourth-order valence-electron chi connectivity index (χ4n) is 0.0476. The normalized spacial score (nSPS) is 6.86. The average molecular weight is 102 g/mol. The molecule has 0 aromatic carbocycles. The van der Waals surface area contributed by atoms with Crippen LogP contribution in [0.1, 0.15) is 0 Å². The molecule has 7 heteroatoms. The SMILES string of the molecule is [N]=NN(N=O)N=O. The summed E-state index contributed by atoms with van der Waals surface area (Å²) in [5.74, 6) is 0. The Morgan fingerprint density at radius 1 is 1.29 bits per heavy atom. The number of hydrogen-bond acceptors (Lipinski definition) is 5. The Balaban J connectivity index is 3.57. The van der Waals surface area contributed by atoms with Crippen LogP contribution in [0.3, 0.4) is 0 Å². The maximum atomic E-state index is 9.10. The predicted molar refractivity (Wildman–Crippen MR) is 18.0 cm³/mol. The first-order valence-electron chi connectivity index (χ1n) is 1.17. The summed E-state index contributed by atoms with van der Waals surface area (Å²) < 4.78 is 0. The summed E-state index contributed by atoms with van der Waals surface area (Å²) in [6.45, 7) is 0. The summed E-state index contributed by atoms with van der Waals surface area (Å²) in [5, 5.41) is 5.32. The molecule has 0 aliphatic rings. The molecule has 0 aliphatic heterocycles. The van der Waals surface area contributed by atoms with Gasteiger partial charge in [0.25, 0.3) is 0 Å². The summed E-state index contributed by atoms with van der Waals surface area (Å²) in [5.41, 5.74) is 7.49. The van der Waals surface area contributed by atoms with Crippen LogP contribution in [0, 0.1) is 9.81 Å². The summed E-state index contributed by atoms with van der Waals surface area (Å²) in [6, 6.07) is 0. The minimum atomic E-state index is -0.306. The molecule has 1 radical (unpaired) electrons. The van der Waals surface area contributed by atoms with Crippen molar-refractivity contribution in [3.8, 4) is 0 Å². The summed E-state index contributed by atoms with van der Waals surface area (Å²) in [7, 11) is 0. The Bertz CT molecular complexity index is 67.1. The van der Waals surface area contributed by atoms with Crippen LogP contribution in [0.5, 0.6) is 0 Å². The van der Waals surface area contributed by atoms with Gasteiger partial charge in [-0.05, 0) is 0 Å². The largest absolute Gasteiger partial charge is 0.121 e. The number of hydrogen-bond donors (Lipinski definition) is 0. The third-order valence-corrected chi connectivity index (χ3v) is 0.226. The first-order chi connectivity index (χ1) is 3.35. The third kappa shape index (κ3) is 1.47.